The van der Waals surface area contributed by atoms with Crippen molar-refractivity contribution < 1.29 is 0 Å². The van der Waals surface area contributed by atoms with Gasteiger partial charge >= 0.3 is 0 Å². The fourth-order valence-corrected chi connectivity index (χ4v) is 3.59. The van der Waals surface area contributed by atoms with Gasteiger partial charge in [0, 0.05) is 10.7 Å². The topological polar surface area (TPSA) is 0 Å². The van der Waals surface area contributed by atoms with Crippen LogP contribution in [0.1, 0.15) is 53.4 Å². The Balaban J connectivity index is 3.90. The molecule has 0 nitrogen and oxygen atoms in total. The van der Waals surface area contributed by atoms with E-state index in [1.807, 2.05) is 0 Å². The summed E-state index contributed by atoms with van der Waals surface area (Å²) in [6.45, 7) is 9.49. The Morgan fingerprint density at radius 2 is 0.929 bits per heavy atom. The molecule has 0 spiro atoms. The molecule has 0 atom stereocenters. The minimum atomic E-state index is 0.493. The van der Waals surface area contributed by atoms with Gasteiger partial charge in [0.25, 0.3) is 0 Å². The molecular formula is C12H24Br2. The Morgan fingerprint density at radius 3 is 1.14 bits per heavy atom. The monoisotopic (exact) mass is 326 g/mol. The Labute approximate surface area is 106 Å². The SMILES string of the molecule is CC(C)(CCBr)CCC(C)(C)CCBr. The van der Waals surface area contributed by atoms with E-state index in [0.29, 0.717) is 10.8 Å². The molecular weight excluding hydrogens is 304 g/mol. The van der Waals surface area contributed by atoms with Gasteiger partial charge in [-0.15, -0.1) is 0 Å². The van der Waals surface area contributed by atoms with Crippen molar-refractivity contribution >= 4 is 31.9 Å². The standard InChI is InChI=1S/C12H24Br2/c1-11(2,7-9-13)5-6-12(3,4)8-10-14/h5-10H2,1-4H3. The fourth-order valence-electron chi connectivity index (χ4n) is 1.44. The molecule has 0 aromatic carbocycles. The molecule has 0 radical (unpaired) electrons. The van der Waals surface area contributed by atoms with E-state index in [4.69, 9.17) is 0 Å². The third-order valence-electron chi connectivity index (χ3n) is 3.02. The van der Waals surface area contributed by atoms with Crippen LogP contribution in [0.4, 0.5) is 0 Å². The average molecular weight is 328 g/mol. The van der Waals surface area contributed by atoms with Crippen LogP contribution in [-0.4, -0.2) is 10.7 Å². The van der Waals surface area contributed by atoms with E-state index in [9.17, 15) is 0 Å². The van der Waals surface area contributed by atoms with Crippen LogP contribution < -0.4 is 0 Å². The van der Waals surface area contributed by atoms with Crippen LogP contribution in [0.25, 0.3) is 0 Å². The largest absolute Gasteiger partial charge is 0.0928 e. The van der Waals surface area contributed by atoms with Crippen molar-refractivity contribution in [2.24, 2.45) is 10.8 Å². The second-order valence-corrected chi connectivity index (χ2v) is 7.29. The summed E-state index contributed by atoms with van der Waals surface area (Å²) in [5.74, 6) is 0. The summed E-state index contributed by atoms with van der Waals surface area (Å²) >= 11 is 7.06. The van der Waals surface area contributed by atoms with Crippen LogP contribution in [0.2, 0.25) is 0 Å². The lowest BCUT2D eigenvalue weighted by Gasteiger charge is -2.30. The fraction of sp³-hybridized carbons (Fsp3) is 1.00. The molecule has 0 rings (SSSR count). The van der Waals surface area contributed by atoms with Gasteiger partial charge in [0.2, 0.25) is 0 Å². The summed E-state index contributed by atoms with van der Waals surface area (Å²) in [5.41, 5.74) is 0.986. The Kier molecular flexibility index (Phi) is 6.97. The molecule has 0 saturated carbocycles. The highest BCUT2D eigenvalue weighted by molar-refractivity contribution is 9.09. The number of alkyl halides is 2. The van der Waals surface area contributed by atoms with Gasteiger partial charge in [-0.05, 0) is 36.5 Å². The van der Waals surface area contributed by atoms with Gasteiger partial charge in [0.1, 0.15) is 0 Å². The number of hydrogen-bond donors (Lipinski definition) is 0. The third-order valence-corrected chi connectivity index (χ3v) is 3.81. The van der Waals surface area contributed by atoms with E-state index in [0.717, 1.165) is 10.7 Å². The molecule has 0 unspecified atom stereocenters. The van der Waals surface area contributed by atoms with Gasteiger partial charge in [0.05, 0.1) is 0 Å². The van der Waals surface area contributed by atoms with E-state index < -0.39 is 0 Å². The molecule has 14 heavy (non-hydrogen) atoms. The highest BCUT2D eigenvalue weighted by Gasteiger charge is 2.23. The van der Waals surface area contributed by atoms with Crippen LogP contribution in [0.3, 0.4) is 0 Å². The molecule has 0 aromatic heterocycles. The van der Waals surface area contributed by atoms with E-state index in [1.54, 1.807) is 0 Å². The first-order chi connectivity index (χ1) is 6.33. The third kappa shape index (κ3) is 7.28. The molecule has 0 aliphatic heterocycles. The maximum atomic E-state index is 3.53. The van der Waals surface area contributed by atoms with Crippen LogP contribution in [0, 0.1) is 10.8 Å². The minimum absolute atomic E-state index is 0.493. The zero-order valence-electron chi connectivity index (χ0n) is 10.00. The maximum absolute atomic E-state index is 3.53. The maximum Gasteiger partial charge on any atom is 0.00363 e. The lowest BCUT2D eigenvalue weighted by molar-refractivity contribution is 0.231. The van der Waals surface area contributed by atoms with Crippen molar-refractivity contribution in [2.75, 3.05) is 10.7 Å². The van der Waals surface area contributed by atoms with Crippen LogP contribution in [-0.2, 0) is 0 Å². The quantitative estimate of drug-likeness (QED) is 0.550. The minimum Gasteiger partial charge on any atom is -0.0928 e. The molecule has 0 fully saturated rings. The highest BCUT2D eigenvalue weighted by Crippen LogP contribution is 2.35. The second-order valence-electron chi connectivity index (χ2n) is 5.71. The molecule has 0 aliphatic rings. The number of hydrogen-bond acceptors (Lipinski definition) is 0. The normalized spacial score (nSPS) is 13.3. The van der Waals surface area contributed by atoms with Crippen molar-refractivity contribution in [3.05, 3.63) is 0 Å². The van der Waals surface area contributed by atoms with Gasteiger partial charge in [-0.25, -0.2) is 0 Å². The lowest BCUT2D eigenvalue weighted by atomic mass is 9.76. The van der Waals surface area contributed by atoms with Crippen molar-refractivity contribution in [1.82, 2.24) is 0 Å². The summed E-state index contributed by atoms with van der Waals surface area (Å²) in [4.78, 5) is 0. The van der Waals surface area contributed by atoms with Gasteiger partial charge < -0.3 is 0 Å². The summed E-state index contributed by atoms with van der Waals surface area (Å²) in [7, 11) is 0. The molecule has 0 aliphatic carbocycles. The van der Waals surface area contributed by atoms with E-state index in [1.165, 1.54) is 25.7 Å². The van der Waals surface area contributed by atoms with Crippen LogP contribution >= 0.6 is 31.9 Å². The predicted octanol–water partition coefficient (Wildman–Crippen LogP) is 5.39. The molecule has 0 N–H and O–H groups in total. The zero-order chi connectivity index (χ0) is 11.2. The van der Waals surface area contributed by atoms with Gasteiger partial charge in [-0.3, -0.25) is 0 Å². The molecule has 2 heteroatoms. The molecule has 86 valence electrons. The summed E-state index contributed by atoms with van der Waals surface area (Å²) < 4.78 is 0. The van der Waals surface area contributed by atoms with E-state index >= 15 is 0 Å². The predicted molar refractivity (Wildman–Crippen MR) is 73.6 cm³/mol. The molecule has 0 bridgehead atoms. The highest BCUT2D eigenvalue weighted by atomic mass is 79.9. The first kappa shape index (κ1) is 15.0. The Bertz CT molecular complexity index is 132. The van der Waals surface area contributed by atoms with Gasteiger partial charge in [-0.2, -0.15) is 0 Å². The molecule has 0 aromatic rings. The molecule has 0 heterocycles. The first-order valence-electron chi connectivity index (χ1n) is 5.45. The average Bonchev–Trinajstić information content (AvgIpc) is 2.01. The van der Waals surface area contributed by atoms with Crippen molar-refractivity contribution in [2.45, 2.75) is 53.4 Å². The molecule has 0 saturated heterocycles. The zero-order valence-corrected chi connectivity index (χ0v) is 13.2. The van der Waals surface area contributed by atoms with Crippen molar-refractivity contribution in [3.63, 3.8) is 0 Å². The van der Waals surface area contributed by atoms with Gasteiger partial charge in [0.15, 0.2) is 0 Å². The summed E-state index contributed by atoms with van der Waals surface area (Å²) in [6.07, 6.45) is 5.21. The van der Waals surface area contributed by atoms with Gasteiger partial charge in [-0.1, -0.05) is 59.6 Å². The van der Waals surface area contributed by atoms with E-state index in [-0.39, 0.29) is 0 Å². The van der Waals surface area contributed by atoms with Crippen molar-refractivity contribution in [1.29, 1.82) is 0 Å². The Hall–Kier alpha value is 0.960. The summed E-state index contributed by atoms with van der Waals surface area (Å²) in [6, 6.07) is 0. The van der Waals surface area contributed by atoms with Crippen LogP contribution in [0.15, 0.2) is 0 Å². The smallest absolute Gasteiger partial charge is 0.00363 e. The second kappa shape index (κ2) is 6.52. The number of rotatable bonds is 7. The first-order valence-corrected chi connectivity index (χ1v) is 7.69. The van der Waals surface area contributed by atoms with Crippen molar-refractivity contribution in [3.8, 4) is 0 Å². The lowest BCUT2D eigenvalue weighted by Crippen LogP contribution is -2.19. The molecule has 0 amide bonds. The summed E-state index contributed by atoms with van der Waals surface area (Å²) in [5, 5.41) is 2.25. The Morgan fingerprint density at radius 1 is 0.643 bits per heavy atom. The van der Waals surface area contributed by atoms with E-state index in [2.05, 4.69) is 59.6 Å². The van der Waals surface area contributed by atoms with Crippen LogP contribution in [0.5, 0.6) is 0 Å². The number of halogens is 2.